The first-order chi connectivity index (χ1) is 16.2. The third-order valence-corrected chi connectivity index (χ3v) is 9.33. The van der Waals surface area contributed by atoms with Crippen LogP contribution in [0.4, 0.5) is 0 Å². The van der Waals surface area contributed by atoms with E-state index in [0.717, 1.165) is 50.3 Å². The summed E-state index contributed by atoms with van der Waals surface area (Å²) in [7, 11) is -3.40. The SMILES string of the molecule is C[C@]12C[C@H](c3ccc(CCCOS(C)(=O)=O)cc3)C3=C4CCC(=O)C=C4CC[C@H]3[C@@H]1CCC2=O. The normalized spacial score (nSPS) is 31.1. The van der Waals surface area contributed by atoms with Crippen LogP contribution in [0.3, 0.4) is 0 Å². The molecule has 4 aliphatic rings. The van der Waals surface area contributed by atoms with E-state index in [0.29, 0.717) is 36.9 Å². The van der Waals surface area contributed by atoms with Gasteiger partial charge in [0.25, 0.3) is 10.1 Å². The van der Waals surface area contributed by atoms with E-state index in [1.54, 1.807) is 0 Å². The van der Waals surface area contributed by atoms with Gasteiger partial charge in [-0.15, -0.1) is 0 Å². The summed E-state index contributed by atoms with van der Waals surface area (Å²) in [6, 6.07) is 8.64. The molecule has 1 aromatic rings. The number of allylic oxidation sites excluding steroid dienone is 4. The Bertz CT molecular complexity index is 1170. The Morgan fingerprint density at radius 1 is 1.03 bits per heavy atom. The molecule has 0 unspecified atom stereocenters. The second kappa shape index (κ2) is 8.87. The van der Waals surface area contributed by atoms with Gasteiger partial charge in [-0.1, -0.05) is 36.8 Å². The summed E-state index contributed by atoms with van der Waals surface area (Å²) < 4.78 is 27.2. The molecule has 2 saturated carbocycles. The minimum atomic E-state index is -3.40. The third kappa shape index (κ3) is 4.35. The maximum atomic E-state index is 13.1. The molecule has 1 aromatic carbocycles. The summed E-state index contributed by atoms with van der Waals surface area (Å²) in [5.41, 5.74) is 6.30. The van der Waals surface area contributed by atoms with E-state index in [-0.39, 0.29) is 23.7 Å². The largest absolute Gasteiger partial charge is 0.299 e. The van der Waals surface area contributed by atoms with Gasteiger partial charge in [-0.05, 0) is 85.1 Å². The van der Waals surface area contributed by atoms with Crippen LogP contribution in [0, 0.1) is 17.3 Å². The van der Waals surface area contributed by atoms with E-state index in [1.807, 2.05) is 6.08 Å². The molecule has 0 aliphatic heterocycles. The maximum Gasteiger partial charge on any atom is 0.264 e. The van der Waals surface area contributed by atoms with Gasteiger partial charge in [0.05, 0.1) is 12.9 Å². The molecule has 6 heteroatoms. The zero-order valence-electron chi connectivity index (χ0n) is 20.1. The van der Waals surface area contributed by atoms with Crippen LogP contribution in [-0.4, -0.2) is 32.8 Å². The molecule has 0 aromatic heterocycles. The lowest BCUT2D eigenvalue weighted by Crippen LogP contribution is -2.43. The van der Waals surface area contributed by atoms with Crippen molar-refractivity contribution < 1.29 is 22.2 Å². The van der Waals surface area contributed by atoms with Crippen LogP contribution < -0.4 is 0 Å². The second-order valence-corrected chi connectivity index (χ2v) is 12.5. The summed E-state index contributed by atoms with van der Waals surface area (Å²) in [4.78, 5) is 25.2. The average molecular weight is 483 g/mol. The molecule has 2 fully saturated rings. The van der Waals surface area contributed by atoms with Crippen LogP contribution in [0.5, 0.6) is 0 Å². The molecule has 0 amide bonds. The molecule has 4 atom stereocenters. The fourth-order valence-electron chi connectivity index (χ4n) is 7.13. The summed E-state index contributed by atoms with van der Waals surface area (Å²) in [6.07, 6.45) is 10.3. The first-order valence-corrected chi connectivity index (χ1v) is 14.4. The highest BCUT2D eigenvalue weighted by molar-refractivity contribution is 7.85. The van der Waals surface area contributed by atoms with Crippen LogP contribution in [-0.2, 0) is 30.3 Å². The van der Waals surface area contributed by atoms with Crippen LogP contribution in [0.25, 0.3) is 0 Å². The highest BCUT2D eigenvalue weighted by Gasteiger charge is 2.56. The maximum absolute atomic E-state index is 13.1. The lowest BCUT2D eigenvalue weighted by atomic mass is 9.53. The summed E-state index contributed by atoms with van der Waals surface area (Å²) >= 11 is 0. The molecule has 0 spiro atoms. The quantitative estimate of drug-likeness (QED) is 0.418. The van der Waals surface area contributed by atoms with E-state index < -0.39 is 10.1 Å². The van der Waals surface area contributed by atoms with Crippen LogP contribution in [0.1, 0.15) is 75.3 Å². The average Bonchev–Trinajstić information content (AvgIpc) is 3.10. The van der Waals surface area contributed by atoms with Crippen molar-refractivity contribution in [1.82, 2.24) is 0 Å². The van der Waals surface area contributed by atoms with E-state index in [2.05, 4.69) is 31.2 Å². The number of Topliss-reactive ketones (excluding diaryl/α,β-unsaturated/α-hetero) is 1. The molecule has 5 rings (SSSR count). The lowest BCUT2D eigenvalue weighted by molar-refractivity contribution is -0.128. The Kier molecular flexibility index (Phi) is 6.18. The van der Waals surface area contributed by atoms with E-state index >= 15 is 0 Å². The van der Waals surface area contributed by atoms with E-state index in [1.165, 1.54) is 22.3 Å². The zero-order valence-corrected chi connectivity index (χ0v) is 21.0. The van der Waals surface area contributed by atoms with Crippen LogP contribution in [0.15, 0.2) is 47.1 Å². The number of aryl methyl sites for hydroxylation is 1. The number of carbonyl (C=O) groups excluding carboxylic acids is 2. The Hall–Kier alpha value is -2.05. The van der Waals surface area contributed by atoms with E-state index in [4.69, 9.17) is 4.18 Å². The molecule has 0 bridgehead atoms. The van der Waals surface area contributed by atoms with Gasteiger partial charge in [-0.3, -0.25) is 13.8 Å². The Morgan fingerprint density at radius 3 is 2.53 bits per heavy atom. The molecular weight excluding hydrogens is 448 g/mol. The number of benzene rings is 1. The van der Waals surface area contributed by atoms with Crippen LogP contribution in [0.2, 0.25) is 0 Å². The fraction of sp³-hybridized carbons (Fsp3) is 0.571. The van der Waals surface area contributed by atoms with Crippen molar-refractivity contribution in [3.63, 3.8) is 0 Å². The van der Waals surface area contributed by atoms with Crippen molar-refractivity contribution in [2.75, 3.05) is 12.9 Å². The number of ketones is 2. The molecular formula is C28H34O5S. The summed E-state index contributed by atoms with van der Waals surface area (Å²) in [6.45, 7) is 2.39. The monoisotopic (exact) mass is 482 g/mol. The number of hydrogen-bond donors (Lipinski definition) is 0. The standard InChI is InChI=1S/C28H34O5S/c1-28-17-24(19-7-5-18(6-8-19)4-3-15-33-34(2,31)32)27-22-12-10-21(29)16-20(22)9-11-23(27)25(28)13-14-26(28)30/h5-8,16,23-25H,3-4,9-15,17H2,1-2H3/t23-,24+,25-,28-/m0/s1. The molecule has 0 saturated heterocycles. The topological polar surface area (TPSA) is 77.5 Å². The van der Waals surface area contributed by atoms with Gasteiger partial charge >= 0.3 is 0 Å². The van der Waals surface area contributed by atoms with Gasteiger partial charge in [0.1, 0.15) is 5.78 Å². The minimum Gasteiger partial charge on any atom is -0.299 e. The number of hydrogen-bond acceptors (Lipinski definition) is 5. The minimum absolute atomic E-state index is 0.191. The highest BCUT2D eigenvalue weighted by atomic mass is 32.2. The van der Waals surface area contributed by atoms with Gasteiger partial charge in [-0.25, -0.2) is 0 Å². The van der Waals surface area contributed by atoms with Gasteiger partial charge in [0.15, 0.2) is 5.78 Å². The van der Waals surface area contributed by atoms with E-state index in [9.17, 15) is 18.0 Å². The van der Waals surface area contributed by atoms with Crippen LogP contribution >= 0.6 is 0 Å². The molecule has 182 valence electrons. The van der Waals surface area contributed by atoms with Gasteiger partial charge in [0, 0.05) is 24.2 Å². The first kappa shape index (κ1) is 23.7. The predicted octanol–water partition coefficient (Wildman–Crippen LogP) is 5.06. The predicted molar refractivity (Wildman–Crippen MR) is 131 cm³/mol. The van der Waals surface area contributed by atoms with Crippen molar-refractivity contribution in [1.29, 1.82) is 0 Å². The highest BCUT2D eigenvalue weighted by Crippen LogP contribution is 2.62. The van der Waals surface area contributed by atoms with Gasteiger partial charge < -0.3 is 0 Å². The van der Waals surface area contributed by atoms with Gasteiger partial charge in [-0.2, -0.15) is 8.42 Å². The third-order valence-electron chi connectivity index (χ3n) is 8.73. The number of rotatable bonds is 6. The number of carbonyl (C=O) groups is 2. The van der Waals surface area contributed by atoms with Gasteiger partial charge in [0.2, 0.25) is 0 Å². The lowest BCUT2D eigenvalue weighted by Gasteiger charge is -2.50. The number of fused-ring (bicyclic) bond motifs is 4. The molecule has 4 aliphatic carbocycles. The Morgan fingerprint density at radius 2 is 1.79 bits per heavy atom. The Labute approximate surface area is 202 Å². The zero-order chi connectivity index (χ0) is 24.1. The molecule has 5 nitrogen and oxygen atoms in total. The smallest absolute Gasteiger partial charge is 0.264 e. The molecule has 0 heterocycles. The van der Waals surface area contributed by atoms with Crippen molar-refractivity contribution in [2.45, 2.75) is 70.6 Å². The van der Waals surface area contributed by atoms with Crippen molar-refractivity contribution in [3.05, 3.63) is 58.2 Å². The van der Waals surface area contributed by atoms with Crippen molar-refractivity contribution >= 4 is 21.7 Å². The molecule has 0 N–H and O–H groups in total. The summed E-state index contributed by atoms with van der Waals surface area (Å²) in [5.74, 6) is 1.74. The fourth-order valence-corrected chi connectivity index (χ4v) is 7.56. The second-order valence-electron chi connectivity index (χ2n) is 10.8. The molecule has 34 heavy (non-hydrogen) atoms. The summed E-state index contributed by atoms with van der Waals surface area (Å²) in [5, 5.41) is 0. The van der Waals surface area contributed by atoms with Crippen molar-refractivity contribution in [2.24, 2.45) is 17.3 Å². The van der Waals surface area contributed by atoms with Crippen molar-refractivity contribution in [3.8, 4) is 0 Å². The first-order valence-electron chi connectivity index (χ1n) is 12.6. The Balaban J connectivity index is 1.45. The molecule has 0 radical (unpaired) electrons.